The first-order valence-electron chi connectivity index (χ1n) is 13.9. The number of hydrogen-bond acceptors (Lipinski definition) is 6. The van der Waals surface area contributed by atoms with Gasteiger partial charge in [0.05, 0.1) is 41.2 Å². The van der Waals surface area contributed by atoms with Gasteiger partial charge in [0.15, 0.2) is 9.75 Å². The van der Waals surface area contributed by atoms with E-state index in [0.29, 0.717) is 22.6 Å². The standard InChI is InChI=1S/C30H21BrCl2F6N2O6/c1-47-20-9-15(42)2-3-17(20)22-16-4-5-18-21(19(16)10-27(32)25(45)40(11-31)26(46)28(22,27)33)24(44)41(23(18)43)14-7-12(29(34,35)36)6-13(8-14)30(37,38)39/h2-4,6-9,18-19,21-22,42H,5,10-11H2,1H3. The molecule has 0 spiro atoms. The summed E-state index contributed by atoms with van der Waals surface area (Å²) in [6, 6.07) is 4.35. The van der Waals surface area contributed by atoms with Crippen molar-refractivity contribution in [2.75, 3.05) is 17.5 Å². The van der Waals surface area contributed by atoms with Gasteiger partial charge in [-0.15, -0.1) is 23.2 Å². The maximum absolute atomic E-state index is 14.1. The van der Waals surface area contributed by atoms with Crippen molar-refractivity contribution in [2.24, 2.45) is 17.8 Å². The van der Waals surface area contributed by atoms with Crippen LogP contribution in [-0.2, 0) is 31.5 Å². The van der Waals surface area contributed by atoms with Crippen molar-refractivity contribution in [3.63, 3.8) is 0 Å². The number of carbonyl (C=O) groups is 4. The molecule has 6 unspecified atom stereocenters. The second-order valence-corrected chi connectivity index (χ2v) is 13.4. The first-order valence-corrected chi connectivity index (χ1v) is 15.7. The Labute approximate surface area is 280 Å². The zero-order valence-corrected chi connectivity index (χ0v) is 26.9. The Kier molecular flexibility index (Phi) is 7.76. The Bertz CT molecular complexity index is 1750. The van der Waals surface area contributed by atoms with Crippen molar-refractivity contribution < 1.29 is 55.4 Å². The number of methoxy groups -OCH3 is 1. The highest BCUT2D eigenvalue weighted by Crippen LogP contribution is 2.66. The molecule has 2 aromatic rings. The number of aromatic hydroxyl groups is 1. The van der Waals surface area contributed by atoms with Crippen LogP contribution in [0.5, 0.6) is 11.5 Å². The summed E-state index contributed by atoms with van der Waals surface area (Å²) in [5.41, 5.74) is -4.17. The number of benzene rings is 2. The highest BCUT2D eigenvalue weighted by Gasteiger charge is 2.76. The molecule has 2 aliphatic carbocycles. The van der Waals surface area contributed by atoms with Gasteiger partial charge < -0.3 is 9.84 Å². The number of phenols is 1. The molecule has 2 aliphatic heterocycles. The summed E-state index contributed by atoms with van der Waals surface area (Å²) >= 11 is 17.3. The molecule has 250 valence electrons. The van der Waals surface area contributed by atoms with Crippen LogP contribution in [0.4, 0.5) is 32.0 Å². The zero-order chi connectivity index (χ0) is 34.6. The molecular weight excluding hydrogens is 749 g/mol. The van der Waals surface area contributed by atoms with Crippen molar-refractivity contribution >= 4 is 68.4 Å². The van der Waals surface area contributed by atoms with Gasteiger partial charge in [-0.2, -0.15) is 26.3 Å². The first kappa shape index (κ1) is 33.6. The van der Waals surface area contributed by atoms with Crippen LogP contribution in [0.3, 0.4) is 0 Å². The lowest BCUT2D eigenvalue weighted by Crippen LogP contribution is -2.60. The molecule has 6 atom stereocenters. The van der Waals surface area contributed by atoms with Gasteiger partial charge in [0, 0.05) is 17.5 Å². The van der Waals surface area contributed by atoms with Crippen molar-refractivity contribution in [3.8, 4) is 11.5 Å². The molecule has 4 aliphatic rings. The number of carbonyl (C=O) groups excluding carboxylic acids is 4. The number of halogens is 9. The number of likely N-dealkylation sites (tertiary alicyclic amines) is 1. The molecule has 3 fully saturated rings. The molecular formula is C30H21BrCl2F6N2O6. The fourth-order valence-electron chi connectivity index (χ4n) is 7.36. The Morgan fingerprint density at radius 3 is 2.11 bits per heavy atom. The summed E-state index contributed by atoms with van der Waals surface area (Å²) in [6.45, 7) is 0. The third-order valence-corrected chi connectivity index (χ3v) is 11.3. The molecule has 8 nitrogen and oxygen atoms in total. The highest BCUT2D eigenvalue weighted by molar-refractivity contribution is 9.09. The van der Waals surface area contributed by atoms with E-state index in [-0.39, 0.29) is 35.0 Å². The van der Waals surface area contributed by atoms with Crippen molar-refractivity contribution in [1.82, 2.24) is 4.90 Å². The van der Waals surface area contributed by atoms with Crippen LogP contribution in [0.25, 0.3) is 0 Å². The van der Waals surface area contributed by atoms with Crippen LogP contribution in [0.2, 0.25) is 0 Å². The van der Waals surface area contributed by atoms with E-state index in [4.69, 9.17) is 27.9 Å². The topological polar surface area (TPSA) is 104 Å². The van der Waals surface area contributed by atoms with Gasteiger partial charge in [-0.25, -0.2) is 4.90 Å². The second-order valence-electron chi connectivity index (χ2n) is 11.7. The van der Waals surface area contributed by atoms with E-state index >= 15 is 0 Å². The summed E-state index contributed by atoms with van der Waals surface area (Å²) in [5, 5.41) is 10.1. The fraction of sp³-hybridized carbons (Fsp3) is 0.400. The first-order chi connectivity index (χ1) is 21.8. The van der Waals surface area contributed by atoms with E-state index in [1.54, 1.807) is 0 Å². The summed E-state index contributed by atoms with van der Waals surface area (Å²) < 4.78 is 87.5. The quantitative estimate of drug-likeness (QED) is 0.128. The van der Waals surface area contributed by atoms with Gasteiger partial charge in [-0.05, 0) is 43.0 Å². The number of alkyl halides is 9. The van der Waals surface area contributed by atoms with Crippen LogP contribution in [0.15, 0.2) is 48.0 Å². The molecule has 1 N–H and O–H groups in total. The van der Waals surface area contributed by atoms with Gasteiger partial charge in [0.25, 0.3) is 11.8 Å². The third-order valence-electron chi connectivity index (χ3n) is 9.37. The second kappa shape index (κ2) is 10.9. The van der Waals surface area contributed by atoms with Crippen LogP contribution < -0.4 is 9.64 Å². The predicted molar refractivity (Wildman–Crippen MR) is 157 cm³/mol. The Balaban J connectivity index is 1.52. The SMILES string of the molecule is COc1cc(O)ccc1C1C2=CCC3C(=O)N(c4cc(C(F)(F)F)cc(C(F)(F)F)c4)C(=O)C3C2CC2(Cl)C(=O)N(CBr)C(=O)C12Cl. The minimum atomic E-state index is -5.24. The molecule has 47 heavy (non-hydrogen) atoms. The lowest BCUT2D eigenvalue weighted by Gasteiger charge is -2.50. The van der Waals surface area contributed by atoms with Crippen LogP contribution in [-0.4, -0.2) is 55.9 Å². The van der Waals surface area contributed by atoms with Crippen LogP contribution in [0, 0.1) is 17.8 Å². The number of rotatable bonds is 4. The van der Waals surface area contributed by atoms with E-state index < -0.39 is 92.6 Å². The third kappa shape index (κ3) is 4.70. The monoisotopic (exact) mass is 768 g/mol. The maximum atomic E-state index is 14.1. The number of phenolic OH excluding ortho intramolecular Hbond substituents is 1. The van der Waals surface area contributed by atoms with Crippen molar-refractivity contribution in [2.45, 2.75) is 40.9 Å². The number of nitrogens with zero attached hydrogens (tertiary/aromatic N) is 2. The van der Waals surface area contributed by atoms with Gasteiger partial charge in [0.1, 0.15) is 11.5 Å². The lowest BCUT2D eigenvalue weighted by atomic mass is 9.56. The van der Waals surface area contributed by atoms with E-state index in [1.807, 2.05) is 0 Å². The van der Waals surface area contributed by atoms with Crippen molar-refractivity contribution in [3.05, 3.63) is 64.7 Å². The maximum Gasteiger partial charge on any atom is 0.416 e. The molecule has 0 radical (unpaired) electrons. The number of anilines is 1. The molecule has 0 aromatic heterocycles. The van der Waals surface area contributed by atoms with Crippen LogP contribution in [0.1, 0.15) is 35.4 Å². The normalized spacial score (nSPS) is 30.7. The fourth-order valence-corrected chi connectivity index (χ4v) is 8.78. The summed E-state index contributed by atoms with van der Waals surface area (Å²) in [6.07, 6.45) is -9.63. The molecule has 2 heterocycles. The number of allylic oxidation sites excluding steroid dienone is 2. The zero-order valence-electron chi connectivity index (χ0n) is 23.8. The predicted octanol–water partition coefficient (Wildman–Crippen LogP) is 6.35. The summed E-state index contributed by atoms with van der Waals surface area (Å²) in [5.74, 6) is -9.17. The average molecular weight is 770 g/mol. The highest BCUT2D eigenvalue weighted by atomic mass is 79.9. The molecule has 0 bridgehead atoms. The molecule has 2 saturated heterocycles. The van der Waals surface area contributed by atoms with Gasteiger partial charge >= 0.3 is 12.4 Å². The van der Waals surface area contributed by atoms with Gasteiger partial charge in [0.2, 0.25) is 11.8 Å². The minimum absolute atomic E-state index is 0.0364. The van der Waals surface area contributed by atoms with E-state index in [1.165, 1.54) is 31.4 Å². The van der Waals surface area contributed by atoms with E-state index in [0.717, 1.165) is 4.90 Å². The largest absolute Gasteiger partial charge is 0.508 e. The molecule has 1 saturated carbocycles. The number of fused-ring (bicyclic) bond motifs is 4. The Morgan fingerprint density at radius 1 is 0.936 bits per heavy atom. The lowest BCUT2D eigenvalue weighted by molar-refractivity contribution is -0.143. The summed E-state index contributed by atoms with van der Waals surface area (Å²) in [7, 11) is 1.27. The number of ether oxygens (including phenoxy) is 1. The van der Waals surface area contributed by atoms with Gasteiger partial charge in [-0.3, -0.25) is 24.1 Å². The molecule has 6 rings (SSSR count). The molecule has 4 amide bonds. The Morgan fingerprint density at radius 2 is 1.55 bits per heavy atom. The van der Waals surface area contributed by atoms with Crippen LogP contribution >= 0.6 is 39.1 Å². The smallest absolute Gasteiger partial charge is 0.416 e. The van der Waals surface area contributed by atoms with E-state index in [9.17, 15) is 50.6 Å². The van der Waals surface area contributed by atoms with Gasteiger partial charge in [-0.1, -0.05) is 33.6 Å². The number of hydrogen-bond donors (Lipinski definition) is 1. The summed E-state index contributed by atoms with van der Waals surface area (Å²) in [4.78, 5) is 52.0. The van der Waals surface area contributed by atoms with E-state index in [2.05, 4.69) is 15.9 Å². The molecule has 2 aromatic carbocycles. The minimum Gasteiger partial charge on any atom is -0.508 e. The number of amides is 4. The molecule has 17 heteroatoms. The Hall–Kier alpha value is -3.30. The average Bonchev–Trinajstić information content (AvgIpc) is 3.33. The number of imide groups is 2. The van der Waals surface area contributed by atoms with Crippen molar-refractivity contribution in [1.29, 1.82) is 0 Å².